The molecule has 0 heterocycles. The number of carbonyl (C=O) groups is 1. The third kappa shape index (κ3) is 11.3. The summed E-state index contributed by atoms with van der Waals surface area (Å²) in [5, 5.41) is 13.4. The quantitative estimate of drug-likeness (QED) is 0.447. The molecule has 2 atom stereocenters. The molecule has 2 rings (SSSR count). The van der Waals surface area contributed by atoms with Crippen molar-refractivity contribution in [3.63, 3.8) is 0 Å². The SMILES string of the molecule is CC(C)(C)COS(=O)(=O)CC[C@H](NC(=O)OCc1ccccc1)C(O)CCc1ccccc1. The molecule has 8 heteroatoms. The maximum Gasteiger partial charge on any atom is 0.407 e. The summed E-state index contributed by atoms with van der Waals surface area (Å²) in [5.74, 6) is -0.324. The molecule has 0 aliphatic carbocycles. The Morgan fingerprint density at radius 2 is 1.55 bits per heavy atom. The second kappa shape index (κ2) is 12.7. The van der Waals surface area contributed by atoms with Crippen LogP contribution in [-0.2, 0) is 32.1 Å². The third-order valence-corrected chi connectivity index (χ3v) is 6.12. The highest BCUT2D eigenvalue weighted by Crippen LogP contribution is 2.16. The fraction of sp³-hybridized carbons (Fsp3) is 0.480. The Bertz CT molecular complexity index is 942. The summed E-state index contributed by atoms with van der Waals surface area (Å²) < 4.78 is 35.0. The highest BCUT2D eigenvalue weighted by Gasteiger charge is 2.26. The van der Waals surface area contributed by atoms with Gasteiger partial charge in [-0.3, -0.25) is 4.18 Å². The van der Waals surface area contributed by atoms with Gasteiger partial charge in [-0.25, -0.2) is 4.79 Å². The van der Waals surface area contributed by atoms with Crippen LogP contribution in [0.5, 0.6) is 0 Å². The third-order valence-electron chi connectivity index (χ3n) is 4.90. The van der Waals surface area contributed by atoms with Gasteiger partial charge in [0.15, 0.2) is 0 Å². The first-order chi connectivity index (χ1) is 15.5. The fourth-order valence-electron chi connectivity index (χ4n) is 3.03. The van der Waals surface area contributed by atoms with Crippen molar-refractivity contribution in [1.82, 2.24) is 5.32 Å². The summed E-state index contributed by atoms with van der Waals surface area (Å²) in [6.45, 7) is 5.77. The molecule has 2 aromatic carbocycles. The van der Waals surface area contributed by atoms with Crippen molar-refractivity contribution >= 4 is 16.2 Å². The number of carbonyl (C=O) groups excluding carboxylic acids is 1. The van der Waals surface area contributed by atoms with Crippen LogP contribution in [0.3, 0.4) is 0 Å². The maximum absolute atomic E-state index is 12.4. The van der Waals surface area contributed by atoms with E-state index in [0.29, 0.717) is 12.8 Å². The van der Waals surface area contributed by atoms with Gasteiger partial charge < -0.3 is 15.2 Å². The van der Waals surface area contributed by atoms with Gasteiger partial charge in [-0.2, -0.15) is 8.42 Å². The molecule has 33 heavy (non-hydrogen) atoms. The van der Waals surface area contributed by atoms with Crippen LogP contribution in [0.1, 0.15) is 44.7 Å². The number of amides is 1. The molecule has 0 aliphatic heterocycles. The predicted molar refractivity (Wildman–Crippen MR) is 128 cm³/mol. The number of hydrogen-bond acceptors (Lipinski definition) is 6. The molecule has 1 unspecified atom stereocenters. The highest BCUT2D eigenvalue weighted by molar-refractivity contribution is 7.86. The number of aryl methyl sites for hydroxylation is 1. The molecule has 0 aliphatic rings. The average Bonchev–Trinajstić information content (AvgIpc) is 2.78. The van der Waals surface area contributed by atoms with E-state index in [0.717, 1.165) is 11.1 Å². The molecule has 182 valence electrons. The van der Waals surface area contributed by atoms with E-state index in [9.17, 15) is 18.3 Å². The molecule has 7 nitrogen and oxygen atoms in total. The Balaban J connectivity index is 1.97. The van der Waals surface area contributed by atoms with Gasteiger partial charge in [0.25, 0.3) is 10.1 Å². The number of alkyl carbamates (subject to hydrolysis) is 1. The lowest BCUT2D eigenvalue weighted by atomic mass is 9.99. The topological polar surface area (TPSA) is 102 Å². The lowest BCUT2D eigenvalue weighted by Crippen LogP contribution is -2.45. The van der Waals surface area contributed by atoms with Crippen LogP contribution in [-0.4, -0.2) is 44.1 Å². The van der Waals surface area contributed by atoms with E-state index in [1.165, 1.54) is 0 Å². The van der Waals surface area contributed by atoms with Crippen molar-refractivity contribution < 1.29 is 27.2 Å². The summed E-state index contributed by atoms with van der Waals surface area (Å²) in [4.78, 5) is 12.4. The van der Waals surface area contributed by atoms with Crippen LogP contribution < -0.4 is 5.32 Å². The second-order valence-electron chi connectivity index (χ2n) is 9.28. The van der Waals surface area contributed by atoms with Crippen molar-refractivity contribution in [2.75, 3.05) is 12.4 Å². The van der Waals surface area contributed by atoms with E-state index in [1.807, 2.05) is 81.4 Å². The van der Waals surface area contributed by atoms with E-state index in [4.69, 9.17) is 8.92 Å². The maximum atomic E-state index is 12.4. The Kier molecular flexibility index (Phi) is 10.3. The van der Waals surface area contributed by atoms with E-state index in [2.05, 4.69) is 5.32 Å². The van der Waals surface area contributed by atoms with Crippen LogP contribution in [0.2, 0.25) is 0 Å². The van der Waals surface area contributed by atoms with Gasteiger partial charge in [0.05, 0.1) is 24.5 Å². The summed E-state index contributed by atoms with van der Waals surface area (Å²) in [7, 11) is -3.80. The van der Waals surface area contributed by atoms with Crippen molar-refractivity contribution in [3.05, 3.63) is 71.8 Å². The Morgan fingerprint density at radius 1 is 0.970 bits per heavy atom. The van der Waals surface area contributed by atoms with E-state index in [1.54, 1.807) is 0 Å². The number of aliphatic hydroxyl groups is 1. The normalized spacial score (nSPS) is 13.8. The molecule has 0 saturated heterocycles. The highest BCUT2D eigenvalue weighted by atomic mass is 32.2. The zero-order chi connectivity index (χ0) is 24.3. The molecule has 0 saturated carbocycles. The molecule has 0 aromatic heterocycles. The van der Waals surface area contributed by atoms with Gasteiger partial charge in [-0.15, -0.1) is 0 Å². The minimum Gasteiger partial charge on any atom is -0.445 e. The zero-order valence-corrected chi connectivity index (χ0v) is 20.4. The number of rotatable bonds is 12. The molecule has 0 bridgehead atoms. The summed E-state index contributed by atoms with van der Waals surface area (Å²) in [6.07, 6.45) is -0.714. The van der Waals surface area contributed by atoms with Gasteiger partial charge in [-0.1, -0.05) is 81.4 Å². The fourth-order valence-corrected chi connectivity index (χ4v) is 4.23. The number of benzene rings is 2. The van der Waals surface area contributed by atoms with Crippen LogP contribution in [0.25, 0.3) is 0 Å². The van der Waals surface area contributed by atoms with Crippen molar-refractivity contribution in [2.24, 2.45) is 5.41 Å². The predicted octanol–water partition coefficient (Wildman–Crippen LogP) is 4.06. The first kappa shape index (κ1) is 26.8. The molecule has 1 amide bonds. The Labute approximate surface area is 197 Å². The molecule has 2 aromatic rings. The van der Waals surface area contributed by atoms with E-state index >= 15 is 0 Å². The monoisotopic (exact) mass is 477 g/mol. The number of aliphatic hydroxyl groups excluding tert-OH is 1. The lowest BCUT2D eigenvalue weighted by Gasteiger charge is -2.24. The van der Waals surface area contributed by atoms with Crippen LogP contribution in [0.15, 0.2) is 60.7 Å². The standard InChI is InChI=1S/C25H35NO6S/c1-25(2,3)19-32-33(29,30)17-16-22(23(27)15-14-20-10-6-4-7-11-20)26-24(28)31-18-21-12-8-5-9-13-21/h4-13,22-23,27H,14-19H2,1-3H3,(H,26,28)/t22-,23?/m0/s1. The summed E-state index contributed by atoms with van der Waals surface area (Å²) >= 11 is 0. The molecule has 0 spiro atoms. The van der Waals surface area contributed by atoms with Gasteiger partial charge >= 0.3 is 6.09 Å². The van der Waals surface area contributed by atoms with Crippen molar-refractivity contribution in [1.29, 1.82) is 0 Å². The van der Waals surface area contributed by atoms with Crippen LogP contribution >= 0.6 is 0 Å². The van der Waals surface area contributed by atoms with Gasteiger partial charge in [0.1, 0.15) is 6.61 Å². The molecule has 0 fully saturated rings. The molecule has 2 N–H and O–H groups in total. The number of nitrogens with one attached hydrogen (secondary N) is 1. The minimum absolute atomic E-state index is 0.00285. The summed E-state index contributed by atoms with van der Waals surface area (Å²) in [5.41, 5.74) is 1.57. The minimum atomic E-state index is -3.80. The number of hydrogen-bond donors (Lipinski definition) is 2. The van der Waals surface area contributed by atoms with E-state index in [-0.39, 0.29) is 30.8 Å². The lowest BCUT2D eigenvalue weighted by molar-refractivity contribution is 0.0952. The number of ether oxygens (including phenoxy) is 1. The molecular weight excluding hydrogens is 442 g/mol. The average molecular weight is 478 g/mol. The van der Waals surface area contributed by atoms with Gasteiger partial charge in [0, 0.05) is 0 Å². The smallest absolute Gasteiger partial charge is 0.407 e. The Hall–Kier alpha value is -2.42. The summed E-state index contributed by atoms with van der Waals surface area (Å²) in [6, 6.07) is 18.1. The first-order valence-electron chi connectivity index (χ1n) is 11.1. The van der Waals surface area contributed by atoms with Crippen LogP contribution in [0.4, 0.5) is 4.79 Å². The second-order valence-corrected chi connectivity index (χ2v) is 11.0. The Morgan fingerprint density at radius 3 is 2.12 bits per heavy atom. The molecular formula is C25H35NO6S. The van der Waals surface area contributed by atoms with Crippen molar-refractivity contribution in [3.8, 4) is 0 Å². The molecule has 0 radical (unpaired) electrons. The van der Waals surface area contributed by atoms with Gasteiger partial charge in [-0.05, 0) is 35.8 Å². The largest absolute Gasteiger partial charge is 0.445 e. The van der Waals surface area contributed by atoms with Gasteiger partial charge in [0.2, 0.25) is 0 Å². The zero-order valence-electron chi connectivity index (χ0n) is 19.6. The first-order valence-corrected chi connectivity index (χ1v) is 12.7. The van der Waals surface area contributed by atoms with Crippen molar-refractivity contribution in [2.45, 2.75) is 58.8 Å². The van der Waals surface area contributed by atoms with E-state index < -0.39 is 28.4 Å². The van der Waals surface area contributed by atoms with Crippen LogP contribution in [0, 0.1) is 5.41 Å².